The van der Waals surface area contributed by atoms with Gasteiger partial charge in [-0.1, -0.05) is 233 Å². The van der Waals surface area contributed by atoms with E-state index in [4.69, 9.17) is 14.2 Å². The molecule has 0 fully saturated rings. The van der Waals surface area contributed by atoms with Gasteiger partial charge in [0.1, 0.15) is 13.2 Å². The maximum absolute atomic E-state index is 12.8. The van der Waals surface area contributed by atoms with Crippen molar-refractivity contribution in [3.63, 3.8) is 0 Å². The lowest BCUT2D eigenvalue weighted by molar-refractivity contribution is -0.167. The second kappa shape index (κ2) is 55.7. The summed E-state index contributed by atoms with van der Waals surface area (Å²) in [6.45, 7) is 6.36. The Balaban J connectivity index is 4.36. The summed E-state index contributed by atoms with van der Waals surface area (Å²) in [5.41, 5.74) is 0. The molecule has 0 saturated heterocycles. The Hall–Kier alpha value is -3.93. The van der Waals surface area contributed by atoms with Crippen LogP contribution < -0.4 is 0 Å². The van der Waals surface area contributed by atoms with Crippen LogP contribution in [0, 0.1) is 0 Å². The molecule has 0 rings (SSSR count). The standard InChI is InChI=1S/C62H102O6/c1-4-7-10-13-16-19-22-25-26-27-28-29-30-31-32-33-34-35-36-38-40-43-46-49-52-55-61(64)67-58-59(57-66-60(63)54-51-48-45-42-39-24-21-18-15-12-9-6-3)68-62(65)56-53-50-47-44-41-37-23-20-17-14-11-8-5-2/h7-8,10-11,16-17,19-20,25-26,28-29,31-32,34-35,37,41,59H,4-6,9,12-15,18,21-24,27,30,33,36,38-40,42-58H2,1-3H3/b10-7-,11-8-,19-16-,20-17-,26-25-,29-28-,32-31-,35-34-,41-37-. The number of carbonyl (C=O) groups excluding carboxylic acids is 3. The van der Waals surface area contributed by atoms with Crippen LogP contribution in [0.25, 0.3) is 0 Å². The van der Waals surface area contributed by atoms with Crippen molar-refractivity contribution in [2.45, 2.75) is 252 Å². The minimum absolute atomic E-state index is 0.0944. The normalized spacial score (nSPS) is 12.9. The van der Waals surface area contributed by atoms with E-state index in [-0.39, 0.29) is 37.5 Å². The molecule has 0 bridgehead atoms. The van der Waals surface area contributed by atoms with Crippen molar-refractivity contribution >= 4 is 17.9 Å². The van der Waals surface area contributed by atoms with Crippen molar-refractivity contribution < 1.29 is 28.6 Å². The molecule has 1 unspecified atom stereocenters. The second-order valence-electron chi connectivity index (χ2n) is 18.1. The quantitative estimate of drug-likeness (QED) is 0.0262. The van der Waals surface area contributed by atoms with Gasteiger partial charge in [-0.3, -0.25) is 14.4 Å². The summed E-state index contributed by atoms with van der Waals surface area (Å²) in [4.78, 5) is 38.0. The maximum Gasteiger partial charge on any atom is 0.306 e. The third-order valence-electron chi connectivity index (χ3n) is 11.5. The first-order valence-electron chi connectivity index (χ1n) is 27.9. The molecule has 0 aromatic heterocycles. The Morgan fingerprint density at radius 2 is 0.574 bits per heavy atom. The Bertz CT molecular complexity index is 1410. The lowest BCUT2D eigenvalue weighted by atomic mass is 10.0. The van der Waals surface area contributed by atoms with Gasteiger partial charge in [0.25, 0.3) is 0 Å². The molecule has 0 aromatic rings. The smallest absolute Gasteiger partial charge is 0.306 e. The maximum atomic E-state index is 12.8. The summed E-state index contributed by atoms with van der Waals surface area (Å²) in [5.74, 6) is -0.941. The first kappa shape index (κ1) is 64.1. The molecule has 6 heteroatoms. The van der Waals surface area contributed by atoms with Gasteiger partial charge in [0, 0.05) is 19.3 Å². The lowest BCUT2D eigenvalue weighted by Crippen LogP contribution is -2.30. The molecule has 0 aliphatic rings. The molecule has 0 aliphatic heterocycles. The van der Waals surface area contributed by atoms with Crippen LogP contribution in [0.5, 0.6) is 0 Å². The van der Waals surface area contributed by atoms with E-state index in [1.54, 1.807) is 0 Å². The first-order chi connectivity index (χ1) is 33.5. The molecular weight excluding hydrogens is 841 g/mol. The predicted molar refractivity (Wildman–Crippen MR) is 293 cm³/mol. The molecule has 6 nitrogen and oxygen atoms in total. The fourth-order valence-electron chi connectivity index (χ4n) is 7.40. The summed E-state index contributed by atoms with van der Waals surface area (Å²) in [6, 6.07) is 0. The monoisotopic (exact) mass is 943 g/mol. The third kappa shape index (κ3) is 53.0. The van der Waals surface area contributed by atoms with Gasteiger partial charge in [0.2, 0.25) is 0 Å². The highest BCUT2D eigenvalue weighted by molar-refractivity contribution is 5.71. The zero-order valence-corrected chi connectivity index (χ0v) is 44.1. The van der Waals surface area contributed by atoms with Crippen LogP contribution in [0.3, 0.4) is 0 Å². The van der Waals surface area contributed by atoms with Gasteiger partial charge in [-0.2, -0.15) is 0 Å². The van der Waals surface area contributed by atoms with Crippen LogP contribution in [-0.4, -0.2) is 37.2 Å². The molecule has 0 N–H and O–H groups in total. The molecule has 68 heavy (non-hydrogen) atoms. The van der Waals surface area contributed by atoms with Crippen molar-refractivity contribution in [2.24, 2.45) is 0 Å². The van der Waals surface area contributed by atoms with Crippen LogP contribution in [0.4, 0.5) is 0 Å². The van der Waals surface area contributed by atoms with Crippen LogP contribution in [0.2, 0.25) is 0 Å². The molecule has 386 valence electrons. The predicted octanol–water partition coefficient (Wildman–Crippen LogP) is 18.7. The first-order valence-corrected chi connectivity index (χ1v) is 27.9. The fourth-order valence-corrected chi connectivity index (χ4v) is 7.40. The molecule has 0 heterocycles. The van der Waals surface area contributed by atoms with Crippen LogP contribution >= 0.6 is 0 Å². The molecule has 0 amide bonds. The van der Waals surface area contributed by atoms with Crippen LogP contribution in [-0.2, 0) is 28.6 Å². The number of hydrogen-bond donors (Lipinski definition) is 0. The van der Waals surface area contributed by atoms with Gasteiger partial charge in [-0.15, -0.1) is 0 Å². The third-order valence-corrected chi connectivity index (χ3v) is 11.5. The Kier molecular flexibility index (Phi) is 52.4. The highest BCUT2D eigenvalue weighted by Gasteiger charge is 2.19. The van der Waals surface area contributed by atoms with Crippen molar-refractivity contribution in [1.29, 1.82) is 0 Å². The number of rotatable bonds is 49. The van der Waals surface area contributed by atoms with Gasteiger partial charge in [0.05, 0.1) is 0 Å². The van der Waals surface area contributed by atoms with E-state index in [0.717, 1.165) is 135 Å². The highest BCUT2D eigenvalue weighted by atomic mass is 16.6. The number of hydrogen-bond acceptors (Lipinski definition) is 6. The average Bonchev–Trinajstić information content (AvgIpc) is 3.34. The molecular formula is C62H102O6. The van der Waals surface area contributed by atoms with Gasteiger partial charge in [-0.25, -0.2) is 0 Å². The molecule has 0 spiro atoms. The van der Waals surface area contributed by atoms with E-state index in [0.29, 0.717) is 12.8 Å². The van der Waals surface area contributed by atoms with Crippen LogP contribution in [0.15, 0.2) is 109 Å². The summed E-state index contributed by atoms with van der Waals surface area (Å²) in [7, 11) is 0. The Labute approximate surface area is 419 Å². The van der Waals surface area contributed by atoms with Gasteiger partial charge >= 0.3 is 17.9 Å². The summed E-state index contributed by atoms with van der Waals surface area (Å²) in [5, 5.41) is 0. The van der Waals surface area contributed by atoms with E-state index >= 15 is 0 Å². The van der Waals surface area contributed by atoms with Crippen molar-refractivity contribution in [1.82, 2.24) is 0 Å². The van der Waals surface area contributed by atoms with Crippen molar-refractivity contribution in [3.05, 3.63) is 109 Å². The van der Waals surface area contributed by atoms with Crippen LogP contribution in [0.1, 0.15) is 245 Å². The van der Waals surface area contributed by atoms with Crippen molar-refractivity contribution in [3.8, 4) is 0 Å². The zero-order valence-electron chi connectivity index (χ0n) is 44.1. The fraction of sp³-hybridized carbons (Fsp3) is 0.661. The lowest BCUT2D eigenvalue weighted by Gasteiger charge is -2.18. The van der Waals surface area contributed by atoms with E-state index in [9.17, 15) is 14.4 Å². The SMILES string of the molecule is CC/C=C\C/C=C\C/C=C\C/C=C\C/C=C\C/C=C\CCCCCCCCC(=O)OCC(COC(=O)CCCCCCCCCCCCCC)OC(=O)CCCCC/C=C\C/C=C\C/C=C\CC. The minimum atomic E-state index is -0.799. The van der Waals surface area contributed by atoms with E-state index in [2.05, 4.69) is 130 Å². The van der Waals surface area contributed by atoms with Gasteiger partial charge < -0.3 is 14.2 Å². The number of carbonyl (C=O) groups is 3. The largest absolute Gasteiger partial charge is 0.462 e. The number of allylic oxidation sites excluding steroid dienone is 18. The molecule has 1 atom stereocenters. The number of ether oxygens (including phenoxy) is 3. The van der Waals surface area contributed by atoms with E-state index < -0.39 is 6.10 Å². The average molecular weight is 943 g/mol. The van der Waals surface area contributed by atoms with Gasteiger partial charge in [0.15, 0.2) is 6.10 Å². The molecule has 0 radical (unpaired) electrons. The molecule has 0 saturated carbocycles. The zero-order chi connectivity index (χ0) is 49.3. The highest BCUT2D eigenvalue weighted by Crippen LogP contribution is 2.14. The second-order valence-corrected chi connectivity index (χ2v) is 18.1. The topological polar surface area (TPSA) is 78.9 Å². The number of esters is 3. The Morgan fingerprint density at radius 3 is 0.912 bits per heavy atom. The number of unbranched alkanes of at least 4 members (excludes halogenated alkanes) is 20. The van der Waals surface area contributed by atoms with Gasteiger partial charge in [-0.05, 0) is 103 Å². The van der Waals surface area contributed by atoms with E-state index in [1.165, 1.54) is 70.6 Å². The Morgan fingerprint density at radius 1 is 0.309 bits per heavy atom. The minimum Gasteiger partial charge on any atom is -0.462 e. The summed E-state index contributed by atoms with van der Waals surface area (Å²) in [6.07, 6.45) is 75.1. The summed E-state index contributed by atoms with van der Waals surface area (Å²) >= 11 is 0. The molecule has 0 aliphatic carbocycles. The molecule has 0 aromatic carbocycles. The summed E-state index contributed by atoms with van der Waals surface area (Å²) < 4.78 is 16.8. The van der Waals surface area contributed by atoms with Crippen molar-refractivity contribution in [2.75, 3.05) is 13.2 Å². The van der Waals surface area contributed by atoms with E-state index in [1.807, 2.05) is 0 Å².